The van der Waals surface area contributed by atoms with Gasteiger partial charge in [0.25, 0.3) is 0 Å². The average molecular weight is 278 g/mol. The highest BCUT2D eigenvalue weighted by Gasteiger charge is 2.52. The largest absolute Gasteiger partial charge is 0.488 e. The van der Waals surface area contributed by atoms with E-state index in [1.165, 1.54) is 6.07 Å². The second-order valence-corrected chi connectivity index (χ2v) is 5.75. The summed E-state index contributed by atoms with van der Waals surface area (Å²) in [6.07, 6.45) is 4.04. The minimum Gasteiger partial charge on any atom is -0.488 e. The molecule has 2 saturated carbocycles. The highest BCUT2D eigenvalue weighted by Crippen LogP contribution is 2.42. The third-order valence-electron chi connectivity index (χ3n) is 4.04. The van der Waals surface area contributed by atoms with Gasteiger partial charge in [-0.3, -0.25) is 10.1 Å². The van der Waals surface area contributed by atoms with Gasteiger partial charge in [-0.25, -0.2) is 4.39 Å². The maximum atomic E-state index is 13.6. The number of hydrogen-bond acceptors (Lipinski definition) is 3. The molecule has 2 aliphatic rings. The topological polar surface area (TPSA) is 64.4 Å². The molecule has 1 aromatic carbocycles. The minimum absolute atomic E-state index is 0.0877. The van der Waals surface area contributed by atoms with Crippen LogP contribution in [0, 0.1) is 11.7 Å². The average Bonchev–Trinajstić information content (AvgIpc) is 3.27. The third-order valence-corrected chi connectivity index (χ3v) is 4.04. The Hall–Kier alpha value is -1.62. The lowest BCUT2D eigenvalue weighted by molar-refractivity contribution is -0.126. The van der Waals surface area contributed by atoms with Crippen LogP contribution in [0.1, 0.15) is 25.7 Å². The van der Waals surface area contributed by atoms with Gasteiger partial charge in [0.15, 0.2) is 11.6 Å². The van der Waals surface area contributed by atoms with Gasteiger partial charge in [0.05, 0.1) is 0 Å². The normalized spacial score (nSPS) is 21.2. The summed E-state index contributed by atoms with van der Waals surface area (Å²) in [5.74, 6) is -0.458. The molecule has 2 aliphatic carbocycles. The van der Waals surface area contributed by atoms with Crippen molar-refractivity contribution < 1.29 is 13.9 Å². The van der Waals surface area contributed by atoms with Crippen LogP contribution in [0.3, 0.4) is 0 Å². The molecular formula is C15H19FN2O2. The molecule has 3 N–H and O–H groups in total. The van der Waals surface area contributed by atoms with E-state index in [4.69, 9.17) is 10.5 Å². The summed E-state index contributed by atoms with van der Waals surface area (Å²) in [4.78, 5) is 12.0. The standard InChI is InChI=1S/C15H19FN2O2/c16-12-3-1-2-4-13(12)20-9-15(14(17)19,10-5-6-10)18-11-7-8-11/h1-4,10-11,18H,5-9H2,(H2,17,19). The summed E-state index contributed by atoms with van der Waals surface area (Å²) in [7, 11) is 0. The lowest BCUT2D eigenvalue weighted by Crippen LogP contribution is -2.61. The van der Waals surface area contributed by atoms with Gasteiger partial charge in [0.1, 0.15) is 12.1 Å². The minimum atomic E-state index is -0.858. The molecule has 1 unspecified atom stereocenters. The van der Waals surface area contributed by atoms with Gasteiger partial charge in [-0.15, -0.1) is 0 Å². The first-order valence-electron chi connectivity index (χ1n) is 7.07. The molecule has 1 atom stereocenters. The summed E-state index contributed by atoms with van der Waals surface area (Å²) in [5, 5.41) is 3.33. The van der Waals surface area contributed by atoms with Gasteiger partial charge in [0, 0.05) is 6.04 Å². The van der Waals surface area contributed by atoms with Crippen LogP contribution in [-0.2, 0) is 4.79 Å². The number of benzene rings is 1. The van der Waals surface area contributed by atoms with Crippen LogP contribution < -0.4 is 15.8 Å². The molecular weight excluding hydrogens is 259 g/mol. The van der Waals surface area contributed by atoms with Gasteiger partial charge in [-0.2, -0.15) is 0 Å². The van der Waals surface area contributed by atoms with E-state index >= 15 is 0 Å². The van der Waals surface area contributed by atoms with Gasteiger partial charge in [-0.1, -0.05) is 12.1 Å². The SMILES string of the molecule is NC(=O)C(COc1ccccc1F)(NC1CC1)C1CC1. The molecule has 0 aromatic heterocycles. The molecule has 0 aliphatic heterocycles. The molecule has 0 spiro atoms. The summed E-state index contributed by atoms with van der Waals surface area (Å²) in [5.41, 5.74) is 4.76. The molecule has 5 heteroatoms. The number of carbonyl (C=O) groups excluding carboxylic acids is 1. The Morgan fingerprint density at radius 1 is 1.35 bits per heavy atom. The van der Waals surface area contributed by atoms with E-state index in [0.717, 1.165) is 25.7 Å². The van der Waals surface area contributed by atoms with Crippen LogP contribution in [-0.4, -0.2) is 24.1 Å². The van der Waals surface area contributed by atoms with Gasteiger partial charge in [-0.05, 0) is 43.7 Å². The Balaban J connectivity index is 1.75. The molecule has 1 amide bonds. The summed E-state index contributed by atoms with van der Waals surface area (Å²) in [6.45, 7) is 0.0877. The van der Waals surface area contributed by atoms with E-state index in [1.54, 1.807) is 18.2 Å². The van der Waals surface area contributed by atoms with E-state index in [-0.39, 0.29) is 18.3 Å². The molecule has 3 rings (SSSR count). The zero-order valence-corrected chi connectivity index (χ0v) is 11.3. The lowest BCUT2D eigenvalue weighted by Gasteiger charge is -2.32. The van der Waals surface area contributed by atoms with Crippen molar-refractivity contribution in [1.82, 2.24) is 5.32 Å². The molecule has 1 aromatic rings. The Kier molecular flexibility index (Phi) is 3.38. The molecule has 0 heterocycles. The maximum Gasteiger partial charge on any atom is 0.241 e. The lowest BCUT2D eigenvalue weighted by atomic mass is 9.93. The summed E-state index contributed by atoms with van der Waals surface area (Å²) < 4.78 is 19.2. The number of rotatable bonds is 7. The summed E-state index contributed by atoms with van der Waals surface area (Å²) >= 11 is 0. The Bertz CT molecular complexity index is 514. The second-order valence-electron chi connectivity index (χ2n) is 5.75. The van der Waals surface area contributed by atoms with Crippen molar-refractivity contribution in [3.8, 4) is 5.75 Å². The van der Waals surface area contributed by atoms with Crippen LogP contribution in [0.5, 0.6) is 5.75 Å². The van der Waals surface area contributed by atoms with Crippen LogP contribution in [0.2, 0.25) is 0 Å². The van der Waals surface area contributed by atoms with Crippen LogP contribution in [0.25, 0.3) is 0 Å². The van der Waals surface area contributed by atoms with E-state index in [1.807, 2.05) is 0 Å². The number of nitrogens with two attached hydrogens (primary N) is 1. The van der Waals surface area contributed by atoms with Crippen LogP contribution >= 0.6 is 0 Å². The van der Waals surface area contributed by atoms with Gasteiger partial charge in [0.2, 0.25) is 5.91 Å². The smallest absolute Gasteiger partial charge is 0.241 e. The van der Waals surface area contributed by atoms with Crippen molar-refractivity contribution in [3.05, 3.63) is 30.1 Å². The zero-order chi connectivity index (χ0) is 14.2. The number of carbonyl (C=O) groups is 1. The number of para-hydroxylation sites is 1. The predicted octanol–water partition coefficient (Wildman–Crippen LogP) is 1.59. The van der Waals surface area contributed by atoms with Gasteiger partial charge < -0.3 is 10.5 Å². The van der Waals surface area contributed by atoms with Crippen molar-refractivity contribution in [3.63, 3.8) is 0 Å². The van der Waals surface area contributed by atoms with Crippen molar-refractivity contribution in [2.24, 2.45) is 11.7 Å². The first kappa shape index (κ1) is 13.4. The second kappa shape index (κ2) is 5.05. The first-order chi connectivity index (χ1) is 9.62. The van der Waals surface area contributed by atoms with Gasteiger partial charge >= 0.3 is 0 Å². The predicted molar refractivity (Wildman–Crippen MR) is 72.7 cm³/mol. The molecule has 4 nitrogen and oxygen atoms in total. The molecule has 0 bridgehead atoms. The molecule has 0 saturated heterocycles. The number of nitrogens with one attached hydrogen (secondary N) is 1. The van der Waals surface area contributed by atoms with E-state index in [0.29, 0.717) is 6.04 Å². The third kappa shape index (κ3) is 2.63. The van der Waals surface area contributed by atoms with Crippen molar-refractivity contribution >= 4 is 5.91 Å². The number of hydrogen-bond donors (Lipinski definition) is 2. The molecule has 0 radical (unpaired) electrons. The van der Waals surface area contributed by atoms with E-state index in [9.17, 15) is 9.18 Å². The maximum absolute atomic E-state index is 13.6. The first-order valence-corrected chi connectivity index (χ1v) is 7.07. The number of ether oxygens (including phenoxy) is 1. The highest BCUT2D eigenvalue weighted by atomic mass is 19.1. The molecule has 108 valence electrons. The number of primary amides is 1. The fraction of sp³-hybridized carbons (Fsp3) is 0.533. The van der Waals surface area contributed by atoms with Crippen molar-refractivity contribution in [2.75, 3.05) is 6.61 Å². The summed E-state index contributed by atoms with van der Waals surface area (Å²) in [6, 6.07) is 6.55. The van der Waals surface area contributed by atoms with E-state index in [2.05, 4.69) is 5.32 Å². The monoisotopic (exact) mass is 278 g/mol. The van der Waals surface area contributed by atoms with Crippen LogP contribution in [0.4, 0.5) is 4.39 Å². The Labute approximate surface area is 117 Å². The Morgan fingerprint density at radius 3 is 2.60 bits per heavy atom. The van der Waals surface area contributed by atoms with Crippen molar-refractivity contribution in [1.29, 1.82) is 0 Å². The Morgan fingerprint density at radius 2 is 2.05 bits per heavy atom. The quantitative estimate of drug-likeness (QED) is 0.796. The molecule has 20 heavy (non-hydrogen) atoms. The molecule has 2 fully saturated rings. The zero-order valence-electron chi connectivity index (χ0n) is 11.3. The number of halogens is 1. The number of amides is 1. The fourth-order valence-electron chi connectivity index (χ4n) is 2.54. The van der Waals surface area contributed by atoms with Crippen molar-refractivity contribution in [2.45, 2.75) is 37.3 Å². The highest BCUT2D eigenvalue weighted by molar-refractivity contribution is 5.86. The van der Waals surface area contributed by atoms with Crippen LogP contribution in [0.15, 0.2) is 24.3 Å². The van der Waals surface area contributed by atoms with E-state index < -0.39 is 17.3 Å². The fourth-order valence-corrected chi connectivity index (χ4v) is 2.54.